The quantitative estimate of drug-likeness (QED) is 0.708. The summed E-state index contributed by atoms with van der Waals surface area (Å²) in [7, 11) is 1.59. The molecule has 0 saturated heterocycles. The van der Waals surface area contributed by atoms with Crippen molar-refractivity contribution >= 4 is 38.6 Å². The normalized spacial score (nSPS) is 11.8. The van der Waals surface area contributed by atoms with Gasteiger partial charge in [0.15, 0.2) is 5.13 Å². The molecular formula is C18H16N2O4S. The SMILES string of the molecule is COc1ccc2nc(NC(=O)[C@H](OC(C)=O)c3ccccc3)sc2c1. The van der Waals surface area contributed by atoms with Crippen molar-refractivity contribution in [2.75, 3.05) is 12.4 Å². The molecule has 2 aromatic carbocycles. The number of hydrogen-bond acceptors (Lipinski definition) is 6. The van der Waals surface area contributed by atoms with Crippen LogP contribution >= 0.6 is 11.3 Å². The second-order valence-electron chi connectivity index (χ2n) is 5.24. The first kappa shape index (κ1) is 16.9. The van der Waals surface area contributed by atoms with Gasteiger partial charge in [0.2, 0.25) is 6.10 Å². The van der Waals surface area contributed by atoms with Crippen LogP contribution in [0, 0.1) is 0 Å². The number of benzene rings is 2. The number of anilines is 1. The van der Waals surface area contributed by atoms with Crippen LogP contribution in [0.3, 0.4) is 0 Å². The summed E-state index contributed by atoms with van der Waals surface area (Å²) < 4.78 is 11.3. The first-order valence-corrected chi connectivity index (χ1v) is 8.36. The molecule has 1 aromatic heterocycles. The molecule has 0 bridgehead atoms. The van der Waals surface area contributed by atoms with E-state index < -0.39 is 18.0 Å². The second-order valence-corrected chi connectivity index (χ2v) is 6.27. The van der Waals surface area contributed by atoms with Gasteiger partial charge in [-0.05, 0) is 18.2 Å². The van der Waals surface area contributed by atoms with E-state index in [1.165, 1.54) is 18.3 Å². The van der Waals surface area contributed by atoms with Crippen LogP contribution in [0.4, 0.5) is 5.13 Å². The highest BCUT2D eigenvalue weighted by atomic mass is 32.1. The van der Waals surface area contributed by atoms with Crippen molar-refractivity contribution in [3.63, 3.8) is 0 Å². The number of aromatic nitrogens is 1. The van der Waals surface area contributed by atoms with Crippen LogP contribution in [-0.2, 0) is 14.3 Å². The molecule has 0 radical (unpaired) electrons. The average molecular weight is 356 g/mol. The van der Waals surface area contributed by atoms with Crippen LogP contribution in [-0.4, -0.2) is 24.0 Å². The van der Waals surface area contributed by atoms with E-state index in [0.717, 1.165) is 16.0 Å². The number of amides is 1. The Balaban J connectivity index is 1.84. The number of ether oxygens (including phenoxy) is 2. The van der Waals surface area contributed by atoms with Crippen molar-refractivity contribution in [3.05, 3.63) is 54.1 Å². The third kappa shape index (κ3) is 3.95. The Morgan fingerprint density at radius 3 is 2.60 bits per heavy atom. The van der Waals surface area contributed by atoms with Crippen LogP contribution in [0.2, 0.25) is 0 Å². The lowest BCUT2D eigenvalue weighted by atomic mass is 10.1. The Kier molecular flexibility index (Phi) is 4.95. The summed E-state index contributed by atoms with van der Waals surface area (Å²) in [6, 6.07) is 14.3. The fourth-order valence-electron chi connectivity index (χ4n) is 2.32. The molecule has 128 valence electrons. The molecule has 3 aromatic rings. The highest BCUT2D eigenvalue weighted by molar-refractivity contribution is 7.22. The minimum absolute atomic E-state index is 0.432. The maximum atomic E-state index is 12.6. The van der Waals surface area contributed by atoms with Crippen LogP contribution in [0.5, 0.6) is 5.75 Å². The van der Waals surface area contributed by atoms with Crippen molar-refractivity contribution in [1.82, 2.24) is 4.98 Å². The maximum absolute atomic E-state index is 12.6. The minimum Gasteiger partial charge on any atom is -0.497 e. The number of hydrogen-bond donors (Lipinski definition) is 1. The van der Waals surface area contributed by atoms with E-state index in [-0.39, 0.29) is 0 Å². The fourth-order valence-corrected chi connectivity index (χ4v) is 3.22. The van der Waals surface area contributed by atoms with Gasteiger partial charge < -0.3 is 9.47 Å². The Hall–Kier alpha value is -2.93. The van der Waals surface area contributed by atoms with E-state index in [9.17, 15) is 9.59 Å². The summed E-state index contributed by atoms with van der Waals surface area (Å²) in [5.41, 5.74) is 1.35. The van der Waals surface area contributed by atoms with Crippen molar-refractivity contribution in [3.8, 4) is 5.75 Å². The van der Waals surface area contributed by atoms with Crippen molar-refractivity contribution in [2.24, 2.45) is 0 Å². The fraction of sp³-hybridized carbons (Fsp3) is 0.167. The molecule has 0 unspecified atom stereocenters. The number of rotatable bonds is 5. The number of carbonyl (C=O) groups is 2. The number of nitrogens with zero attached hydrogens (tertiary/aromatic N) is 1. The molecule has 1 atom stereocenters. The lowest BCUT2D eigenvalue weighted by Crippen LogP contribution is -2.25. The third-order valence-electron chi connectivity index (χ3n) is 3.45. The molecule has 6 nitrogen and oxygen atoms in total. The first-order chi connectivity index (χ1) is 12.1. The Bertz CT molecular complexity index is 908. The van der Waals surface area contributed by atoms with E-state index in [1.54, 1.807) is 37.4 Å². The molecule has 0 aliphatic carbocycles. The third-order valence-corrected chi connectivity index (χ3v) is 4.38. The van der Waals surface area contributed by atoms with Gasteiger partial charge in [-0.1, -0.05) is 41.7 Å². The van der Waals surface area contributed by atoms with E-state index >= 15 is 0 Å². The summed E-state index contributed by atoms with van der Waals surface area (Å²) >= 11 is 1.32. The number of nitrogens with one attached hydrogen (secondary N) is 1. The highest BCUT2D eigenvalue weighted by Gasteiger charge is 2.24. The number of carbonyl (C=O) groups excluding carboxylic acids is 2. The summed E-state index contributed by atoms with van der Waals surface area (Å²) in [5, 5.41) is 3.16. The molecule has 0 saturated carbocycles. The largest absolute Gasteiger partial charge is 0.497 e. The summed E-state index contributed by atoms with van der Waals surface area (Å²) in [6.07, 6.45) is -1.03. The van der Waals surface area contributed by atoms with Gasteiger partial charge in [-0.15, -0.1) is 0 Å². The predicted molar refractivity (Wildman–Crippen MR) is 95.8 cm³/mol. The Morgan fingerprint density at radius 2 is 1.92 bits per heavy atom. The Labute approximate surface area is 148 Å². The lowest BCUT2D eigenvalue weighted by Gasteiger charge is -2.16. The van der Waals surface area contributed by atoms with Crippen molar-refractivity contribution in [2.45, 2.75) is 13.0 Å². The van der Waals surface area contributed by atoms with E-state index in [1.807, 2.05) is 18.2 Å². The molecule has 0 aliphatic rings. The summed E-state index contributed by atoms with van der Waals surface area (Å²) in [6.45, 7) is 1.27. The molecule has 25 heavy (non-hydrogen) atoms. The van der Waals surface area contributed by atoms with Gasteiger partial charge in [0, 0.05) is 12.5 Å². The molecule has 7 heteroatoms. The van der Waals surface area contributed by atoms with Gasteiger partial charge in [0.25, 0.3) is 5.91 Å². The van der Waals surface area contributed by atoms with Crippen LogP contribution < -0.4 is 10.1 Å². The Morgan fingerprint density at radius 1 is 1.16 bits per heavy atom. The second kappa shape index (κ2) is 7.31. The number of thiazole rings is 1. The minimum atomic E-state index is -1.03. The monoisotopic (exact) mass is 356 g/mol. The van der Waals surface area contributed by atoms with Gasteiger partial charge in [0.1, 0.15) is 5.75 Å². The zero-order valence-electron chi connectivity index (χ0n) is 13.7. The molecule has 1 heterocycles. The molecule has 1 N–H and O–H groups in total. The van der Waals surface area contributed by atoms with Crippen molar-refractivity contribution < 1.29 is 19.1 Å². The molecule has 0 spiro atoms. The molecule has 1 amide bonds. The van der Waals surface area contributed by atoms with Gasteiger partial charge in [-0.3, -0.25) is 14.9 Å². The molecule has 3 rings (SSSR count). The first-order valence-electron chi connectivity index (χ1n) is 7.54. The molecular weight excluding hydrogens is 340 g/mol. The topological polar surface area (TPSA) is 77.5 Å². The van der Waals surface area contributed by atoms with Crippen LogP contribution in [0.1, 0.15) is 18.6 Å². The van der Waals surface area contributed by atoms with Crippen LogP contribution in [0.15, 0.2) is 48.5 Å². The van der Waals surface area contributed by atoms with Gasteiger partial charge in [-0.25, -0.2) is 4.98 Å². The zero-order chi connectivity index (χ0) is 17.8. The predicted octanol–water partition coefficient (Wildman–Crippen LogP) is 3.55. The molecule has 0 fully saturated rings. The van der Waals surface area contributed by atoms with E-state index in [0.29, 0.717) is 10.7 Å². The summed E-state index contributed by atoms with van der Waals surface area (Å²) in [5.74, 6) is -0.262. The van der Waals surface area contributed by atoms with Crippen LogP contribution in [0.25, 0.3) is 10.2 Å². The number of esters is 1. The van der Waals surface area contributed by atoms with Gasteiger partial charge in [0.05, 0.1) is 17.3 Å². The average Bonchev–Trinajstić information content (AvgIpc) is 3.01. The number of methoxy groups -OCH3 is 1. The summed E-state index contributed by atoms with van der Waals surface area (Å²) in [4.78, 5) is 28.3. The maximum Gasteiger partial charge on any atom is 0.303 e. The highest BCUT2D eigenvalue weighted by Crippen LogP contribution is 2.30. The van der Waals surface area contributed by atoms with Gasteiger partial charge in [-0.2, -0.15) is 0 Å². The molecule has 0 aliphatic heterocycles. The zero-order valence-corrected chi connectivity index (χ0v) is 14.5. The lowest BCUT2D eigenvalue weighted by molar-refractivity contribution is -0.152. The van der Waals surface area contributed by atoms with E-state index in [4.69, 9.17) is 9.47 Å². The smallest absolute Gasteiger partial charge is 0.303 e. The number of fused-ring (bicyclic) bond motifs is 1. The van der Waals surface area contributed by atoms with Gasteiger partial charge >= 0.3 is 5.97 Å². The van der Waals surface area contributed by atoms with Crippen molar-refractivity contribution in [1.29, 1.82) is 0 Å². The standard InChI is InChI=1S/C18H16N2O4S/c1-11(21)24-16(12-6-4-3-5-7-12)17(22)20-18-19-14-9-8-13(23-2)10-15(14)25-18/h3-10,16H,1-2H3,(H,19,20,22)/t16-/m1/s1. The van der Waals surface area contributed by atoms with E-state index in [2.05, 4.69) is 10.3 Å².